The van der Waals surface area contributed by atoms with Gasteiger partial charge in [-0.1, -0.05) is 44.2 Å². The Hall–Kier alpha value is -1.18. The number of para-hydroxylation sites is 2. The summed E-state index contributed by atoms with van der Waals surface area (Å²) in [5.74, 6) is 2.69. The minimum Gasteiger partial charge on any atom is -0.490 e. The van der Waals surface area contributed by atoms with Crippen molar-refractivity contribution in [3.05, 3.63) is 24.3 Å². The molecule has 1 saturated carbocycles. The SMILES string of the molecule is CCOc1ccccc1OCCCC1CCCCC1. The Bertz CT molecular complexity index is 356. The van der Waals surface area contributed by atoms with Gasteiger partial charge in [0.05, 0.1) is 13.2 Å². The van der Waals surface area contributed by atoms with E-state index < -0.39 is 0 Å². The summed E-state index contributed by atoms with van der Waals surface area (Å²) in [5.41, 5.74) is 0. The molecule has 106 valence electrons. The molecule has 0 bridgehead atoms. The van der Waals surface area contributed by atoms with Gasteiger partial charge in [-0.25, -0.2) is 0 Å². The van der Waals surface area contributed by atoms with Crippen LogP contribution in [0.3, 0.4) is 0 Å². The predicted octanol–water partition coefficient (Wildman–Crippen LogP) is 4.82. The lowest BCUT2D eigenvalue weighted by Gasteiger charge is -2.21. The van der Waals surface area contributed by atoms with Gasteiger partial charge in [0.15, 0.2) is 11.5 Å². The highest BCUT2D eigenvalue weighted by atomic mass is 16.5. The molecular formula is C17H26O2. The van der Waals surface area contributed by atoms with Crippen LogP contribution in [-0.2, 0) is 0 Å². The molecule has 0 aliphatic heterocycles. The Morgan fingerprint density at radius 3 is 2.37 bits per heavy atom. The van der Waals surface area contributed by atoms with Crippen molar-refractivity contribution >= 4 is 0 Å². The van der Waals surface area contributed by atoms with Crippen LogP contribution in [0.4, 0.5) is 0 Å². The first-order valence-electron chi connectivity index (χ1n) is 7.74. The third kappa shape index (κ3) is 4.77. The Morgan fingerprint density at radius 2 is 1.68 bits per heavy atom. The molecule has 0 saturated heterocycles. The zero-order chi connectivity index (χ0) is 13.3. The highest BCUT2D eigenvalue weighted by Crippen LogP contribution is 2.29. The molecule has 2 rings (SSSR count). The highest BCUT2D eigenvalue weighted by Gasteiger charge is 2.12. The van der Waals surface area contributed by atoms with E-state index in [4.69, 9.17) is 9.47 Å². The van der Waals surface area contributed by atoms with Crippen LogP contribution >= 0.6 is 0 Å². The average Bonchev–Trinajstić information content (AvgIpc) is 2.47. The van der Waals surface area contributed by atoms with Crippen LogP contribution in [0.5, 0.6) is 11.5 Å². The van der Waals surface area contributed by atoms with Gasteiger partial charge in [0, 0.05) is 0 Å². The quantitative estimate of drug-likeness (QED) is 0.656. The molecular weight excluding hydrogens is 236 g/mol. The second kappa shape index (κ2) is 8.08. The van der Waals surface area contributed by atoms with Gasteiger partial charge in [-0.2, -0.15) is 0 Å². The lowest BCUT2D eigenvalue weighted by Crippen LogP contribution is -2.08. The molecule has 1 aliphatic carbocycles. The Morgan fingerprint density at radius 1 is 1.00 bits per heavy atom. The van der Waals surface area contributed by atoms with Crippen LogP contribution < -0.4 is 9.47 Å². The standard InChI is InChI=1S/C17H26O2/c1-2-18-16-12-6-7-13-17(16)19-14-8-11-15-9-4-3-5-10-15/h6-7,12-13,15H,2-5,8-11,14H2,1H3. The van der Waals surface area contributed by atoms with Crippen molar-refractivity contribution in [3.63, 3.8) is 0 Å². The number of ether oxygens (including phenoxy) is 2. The summed E-state index contributed by atoms with van der Waals surface area (Å²) in [4.78, 5) is 0. The zero-order valence-electron chi connectivity index (χ0n) is 12.1. The fourth-order valence-corrected chi connectivity index (χ4v) is 2.87. The van der Waals surface area contributed by atoms with Crippen molar-refractivity contribution in [2.24, 2.45) is 5.92 Å². The predicted molar refractivity (Wildman–Crippen MR) is 78.9 cm³/mol. The summed E-state index contributed by atoms with van der Waals surface area (Å²) < 4.78 is 11.4. The van der Waals surface area contributed by atoms with E-state index in [0.29, 0.717) is 6.61 Å². The maximum atomic E-state index is 5.86. The topological polar surface area (TPSA) is 18.5 Å². The number of hydrogen-bond acceptors (Lipinski definition) is 2. The molecule has 0 spiro atoms. The van der Waals surface area contributed by atoms with E-state index in [1.54, 1.807) is 0 Å². The maximum Gasteiger partial charge on any atom is 0.161 e. The first-order valence-corrected chi connectivity index (χ1v) is 7.74. The molecule has 2 heteroatoms. The highest BCUT2D eigenvalue weighted by molar-refractivity contribution is 5.39. The first kappa shape index (κ1) is 14.2. The molecule has 1 fully saturated rings. The molecule has 0 heterocycles. The molecule has 0 radical (unpaired) electrons. The van der Waals surface area contributed by atoms with Crippen LogP contribution in [0.15, 0.2) is 24.3 Å². The third-order valence-electron chi connectivity index (χ3n) is 3.89. The molecule has 1 aromatic rings. The lowest BCUT2D eigenvalue weighted by atomic mass is 9.86. The molecule has 0 amide bonds. The minimum atomic E-state index is 0.683. The monoisotopic (exact) mass is 262 g/mol. The van der Waals surface area contributed by atoms with Gasteiger partial charge in [0.1, 0.15) is 0 Å². The van der Waals surface area contributed by atoms with Crippen molar-refractivity contribution < 1.29 is 9.47 Å². The van der Waals surface area contributed by atoms with E-state index in [-0.39, 0.29) is 0 Å². The van der Waals surface area contributed by atoms with Gasteiger partial charge in [-0.15, -0.1) is 0 Å². The molecule has 19 heavy (non-hydrogen) atoms. The molecule has 0 aromatic heterocycles. The van der Waals surface area contributed by atoms with E-state index in [2.05, 4.69) is 0 Å². The summed E-state index contributed by atoms with van der Waals surface area (Å²) in [6.07, 6.45) is 9.62. The van der Waals surface area contributed by atoms with Crippen molar-refractivity contribution in [1.29, 1.82) is 0 Å². The molecule has 1 aromatic carbocycles. The van der Waals surface area contributed by atoms with E-state index >= 15 is 0 Å². The summed E-state index contributed by atoms with van der Waals surface area (Å²) in [5, 5.41) is 0. The zero-order valence-corrected chi connectivity index (χ0v) is 12.1. The summed E-state index contributed by atoms with van der Waals surface area (Å²) >= 11 is 0. The summed E-state index contributed by atoms with van der Waals surface area (Å²) in [7, 11) is 0. The van der Waals surface area contributed by atoms with Gasteiger partial charge in [-0.05, 0) is 37.8 Å². The van der Waals surface area contributed by atoms with Gasteiger partial charge in [0.25, 0.3) is 0 Å². The van der Waals surface area contributed by atoms with E-state index in [0.717, 1.165) is 30.4 Å². The minimum absolute atomic E-state index is 0.683. The van der Waals surface area contributed by atoms with E-state index in [9.17, 15) is 0 Å². The average molecular weight is 262 g/mol. The second-order valence-electron chi connectivity index (χ2n) is 5.37. The van der Waals surface area contributed by atoms with Crippen molar-refractivity contribution in [2.45, 2.75) is 51.9 Å². The van der Waals surface area contributed by atoms with Gasteiger partial charge < -0.3 is 9.47 Å². The normalized spacial score (nSPS) is 16.3. The largest absolute Gasteiger partial charge is 0.490 e. The maximum absolute atomic E-state index is 5.86. The Kier molecular flexibility index (Phi) is 6.06. The number of hydrogen-bond donors (Lipinski definition) is 0. The number of rotatable bonds is 7. The Balaban J connectivity index is 1.70. The van der Waals surface area contributed by atoms with E-state index in [1.165, 1.54) is 38.5 Å². The van der Waals surface area contributed by atoms with Crippen molar-refractivity contribution in [2.75, 3.05) is 13.2 Å². The van der Waals surface area contributed by atoms with Gasteiger partial charge in [0.2, 0.25) is 0 Å². The molecule has 1 aliphatic rings. The number of benzene rings is 1. The van der Waals surface area contributed by atoms with Crippen LogP contribution in [0.1, 0.15) is 51.9 Å². The van der Waals surface area contributed by atoms with Crippen molar-refractivity contribution in [3.8, 4) is 11.5 Å². The summed E-state index contributed by atoms with van der Waals surface area (Å²) in [6.45, 7) is 3.49. The fourth-order valence-electron chi connectivity index (χ4n) is 2.87. The summed E-state index contributed by atoms with van der Waals surface area (Å²) in [6, 6.07) is 7.95. The van der Waals surface area contributed by atoms with Gasteiger partial charge in [-0.3, -0.25) is 0 Å². The van der Waals surface area contributed by atoms with Crippen LogP contribution in [0.2, 0.25) is 0 Å². The van der Waals surface area contributed by atoms with Gasteiger partial charge >= 0.3 is 0 Å². The third-order valence-corrected chi connectivity index (χ3v) is 3.89. The fraction of sp³-hybridized carbons (Fsp3) is 0.647. The Labute approximate surface area is 117 Å². The smallest absolute Gasteiger partial charge is 0.161 e. The van der Waals surface area contributed by atoms with Crippen LogP contribution in [0.25, 0.3) is 0 Å². The molecule has 0 N–H and O–H groups in total. The molecule has 0 atom stereocenters. The van der Waals surface area contributed by atoms with Crippen LogP contribution in [0, 0.1) is 5.92 Å². The van der Waals surface area contributed by atoms with Crippen molar-refractivity contribution in [1.82, 2.24) is 0 Å². The van der Waals surface area contributed by atoms with Crippen LogP contribution in [-0.4, -0.2) is 13.2 Å². The first-order chi connectivity index (χ1) is 9.40. The molecule has 0 unspecified atom stereocenters. The molecule has 2 nitrogen and oxygen atoms in total. The second-order valence-corrected chi connectivity index (χ2v) is 5.37. The lowest BCUT2D eigenvalue weighted by molar-refractivity contribution is 0.252. The van der Waals surface area contributed by atoms with E-state index in [1.807, 2.05) is 31.2 Å².